The lowest BCUT2D eigenvalue weighted by Gasteiger charge is -2.13. The van der Waals surface area contributed by atoms with Crippen LogP contribution in [0.5, 0.6) is 0 Å². The van der Waals surface area contributed by atoms with Crippen LogP contribution in [0, 0.1) is 5.82 Å². The molecule has 0 unspecified atom stereocenters. The Labute approximate surface area is 98.6 Å². The average Bonchev–Trinajstić information content (AvgIpc) is 2.16. The molecular formula is C9H12ClFN2O2S. The van der Waals surface area contributed by atoms with Crippen LogP contribution in [0.4, 0.5) is 4.39 Å². The largest absolute Gasteiger partial charge is 0.329 e. The first-order chi connectivity index (χ1) is 7.38. The lowest BCUT2D eigenvalue weighted by atomic mass is 10.3. The smallest absolute Gasteiger partial charge is 0.245 e. The summed E-state index contributed by atoms with van der Waals surface area (Å²) in [5.41, 5.74) is 5.28. The molecule has 90 valence electrons. The molecule has 0 aromatic heterocycles. The normalized spacial score (nSPS) is 13.8. The highest BCUT2D eigenvalue weighted by molar-refractivity contribution is 7.89. The summed E-state index contributed by atoms with van der Waals surface area (Å²) in [5.74, 6) is -0.885. The minimum absolute atomic E-state index is 0.116. The molecule has 0 bridgehead atoms. The molecule has 7 heteroatoms. The highest BCUT2D eigenvalue weighted by Gasteiger charge is 2.23. The number of hydrogen-bond acceptors (Lipinski definition) is 3. The van der Waals surface area contributed by atoms with Gasteiger partial charge in [-0.3, -0.25) is 0 Å². The predicted molar refractivity (Wildman–Crippen MR) is 60.2 cm³/mol. The molecule has 0 saturated heterocycles. The zero-order valence-corrected chi connectivity index (χ0v) is 10.1. The van der Waals surface area contributed by atoms with Crippen molar-refractivity contribution in [2.24, 2.45) is 5.73 Å². The van der Waals surface area contributed by atoms with Gasteiger partial charge < -0.3 is 5.73 Å². The van der Waals surface area contributed by atoms with Gasteiger partial charge in [-0.25, -0.2) is 17.5 Å². The van der Waals surface area contributed by atoms with Crippen molar-refractivity contribution in [2.45, 2.75) is 17.9 Å². The zero-order valence-electron chi connectivity index (χ0n) is 8.57. The molecule has 0 amide bonds. The molecule has 4 nitrogen and oxygen atoms in total. The van der Waals surface area contributed by atoms with E-state index in [4.69, 9.17) is 17.3 Å². The highest BCUT2D eigenvalue weighted by atomic mass is 35.5. The Balaban J connectivity index is 3.17. The summed E-state index contributed by atoms with van der Waals surface area (Å²) in [6, 6.07) is 3.20. The molecule has 0 saturated carbocycles. The van der Waals surface area contributed by atoms with Gasteiger partial charge in [-0.2, -0.15) is 0 Å². The van der Waals surface area contributed by atoms with Gasteiger partial charge in [0.1, 0.15) is 10.7 Å². The molecule has 1 atom stereocenters. The Hall–Kier alpha value is -0.690. The van der Waals surface area contributed by atoms with Crippen molar-refractivity contribution in [1.82, 2.24) is 4.72 Å². The van der Waals surface area contributed by atoms with Crippen LogP contribution in [0.25, 0.3) is 0 Å². The summed E-state index contributed by atoms with van der Waals surface area (Å²) < 4.78 is 39.1. The quantitative estimate of drug-likeness (QED) is 0.857. The number of nitrogens with one attached hydrogen (secondary N) is 1. The van der Waals surface area contributed by atoms with Gasteiger partial charge in [0.25, 0.3) is 0 Å². The molecular weight excluding hydrogens is 255 g/mol. The van der Waals surface area contributed by atoms with E-state index < -0.39 is 26.8 Å². The fourth-order valence-electron chi connectivity index (χ4n) is 1.11. The second-order valence-electron chi connectivity index (χ2n) is 3.31. The van der Waals surface area contributed by atoms with Crippen LogP contribution in [-0.2, 0) is 10.0 Å². The maximum atomic E-state index is 13.4. The van der Waals surface area contributed by atoms with Gasteiger partial charge in [0, 0.05) is 12.6 Å². The lowest BCUT2D eigenvalue weighted by Crippen LogP contribution is -2.38. The topological polar surface area (TPSA) is 72.2 Å². The van der Waals surface area contributed by atoms with Crippen LogP contribution in [0.3, 0.4) is 0 Å². The second-order valence-corrected chi connectivity index (χ2v) is 5.37. The summed E-state index contributed by atoms with van der Waals surface area (Å²) >= 11 is 5.65. The molecule has 0 aliphatic rings. The van der Waals surface area contributed by atoms with Crippen LogP contribution in [0.1, 0.15) is 6.92 Å². The monoisotopic (exact) mass is 266 g/mol. The van der Waals surface area contributed by atoms with Crippen LogP contribution < -0.4 is 10.5 Å². The SMILES string of the molecule is C[C@@H](CN)NS(=O)(=O)c1c(F)cccc1Cl. The van der Waals surface area contributed by atoms with E-state index in [0.717, 1.165) is 6.07 Å². The van der Waals surface area contributed by atoms with Crippen LogP contribution >= 0.6 is 11.6 Å². The van der Waals surface area contributed by atoms with Crippen molar-refractivity contribution in [3.05, 3.63) is 29.0 Å². The van der Waals surface area contributed by atoms with Gasteiger partial charge in [-0.15, -0.1) is 0 Å². The summed E-state index contributed by atoms with van der Waals surface area (Å²) in [6.07, 6.45) is 0. The molecule has 0 aliphatic heterocycles. The number of hydrogen-bond donors (Lipinski definition) is 2. The molecule has 1 rings (SSSR count). The summed E-state index contributed by atoms with van der Waals surface area (Å²) in [5, 5.41) is -0.156. The molecule has 1 aromatic carbocycles. The third-order valence-electron chi connectivity index (χ3n) is 1.90. The van der Waals surface area contributed by atoms with Crippen LogP contribution in [-0.4, -0.2) is 21.0 Å². The summed E-state index contributed by atoms with van der Waals surface area (Å²) in [7, 11) is -3.97. The lowest BCUT2D eigenvalue weighted by molar-refractivity contribution is 0.544. The average molecular weight is 267 g/mol. The van der Waals surface area contributed by atoms with Crippen LogP contribution in [0.2, 0.25) is 5.02 Å². The van der Waals surface area contributed by atoms with Crippen molar-refractivity contribution in [3.63, 3.8) is 0 Å². The third-order valence-corrected chi connectivity index (χ3v) is 3.99. The van der Waals surface area contributed by atoms with Crippen molar-refractivity contribution in [3.8, 4) is 0 Å². The van der Waals surface area contributed by atoms with E-state index in [0.29, 0.717) is 0 Å². The van der Waals surface area contributed by atoms with E-state index in [9.17, 15) is 12.8 Å². The van der Waals surface area contributed by atoms with E-state index in [1.165, 1.54) is 12.1 Å². The number of halogens is 2. The van der Waals surface area contributed by atoms with Gasteiger partial charge >= 0.3 is 0 Å². The summed E-state index contributed by atoms with van der Waals surface area (Å²) in [4.78, 5) is -0.544. The second kappa shape index (κ2) is 5.09. The van der Waals surface area contributed by atoms with Crippen molar-refractivity contribution in [1.29, 1.82) is 0 Å². The Morgan fingerprint density at radius 3 is 2.69 bits per heavy atom. The van der Waals surface area contributed by atoms with Gasteiger partial charge in [0.05, 0.1) is 5.02 Å². The first kappa shape index (κ1) is 13.4. The van der Waals surface area contributed by atoms with Crippen molar-refractivity contribution in [2.75, 3.05) is 6.54 Å². The van der Waals surface area contributed by atoms with E-state index in [1.54, 1.807) is 6.92 Å². The number of nitrogens with two attached hydrogens (primary N) is 1. The fraction of sp³-hybridized carbons (Fsp3) is 0.333. The third kappa shape index (κ3) is 2.91. The maximum Gasteiger partial charge on any atom is 0.245 e. The Kier molecular flexibility index (Phi) is 4.26. The fourth-order valence-corrected chi connectivity index (χ4v) is 2.97. The van der Waals surface area contributed by atoms with E-state index >= 15 is 0 Å². The molecule has 0 aliphatic carbocycles. The molecule has 0 fully saturated rings. The van der Waals surface area contributed by atoms with Gasteiger partial charge in [0.2, 0.25) is 10.0 Å². The predicted octanol–water partition coefficient (Wildman–Crippen LogP) is 1.10. The van der Waals surface area contributed by atoms with E-state index in [2.05, 4.69) is 4.72 Å². The summed E-state index contributed by atoms with van der Waals surface area (Å²) in [6.45, 7) is 1.69. The Morgan fingerprint density at radius 2 is 2.19 bits per heavy atom. The highest BCUT2D eigenvalue weighted by Crippen LogP contribution is 2.23. The molecule has 0 spiro atoms. The first-order valence-corrected chi connectivity index (χ1v) is 6.41. The van der Waals surface area contributed by atoms with Crippen LogP contribution in [0.15, 0.2) is 23.1 Å². The molecule has 3 N–H and O–H groups in total. The number of sulfonamides is 1. The number of benzene rings is 1. The van der Waals surface area contributed by atoms with Crippen molar-refractivity contribution < 1.29 is 12.8 Å². The number of rotatable bonds is 4. The maximum absolute atomic E-state index is 13.4. The Morgan fingerprint density at radius 1 is 1.56 bits per heavy atom. The van der Waals surface area contributed by atoms with E-state index in [1.807, 2.05) is 0 Å². The molecule has 0 heterocycles. The van der Waals surface area contributed by atoms with E-state index in [-0.39, 0.29) is 11.6 Å². The standard InChI is InChI=1S/C9H12ClFN2O2S/c1-6(5-12)13-16(14,15)9-7(10)3-2-4-8(9)11/h2-4,6,13H,5,12H2,1H3/t6-/m0/s1. The van der Waals surface area contributed by atoms with Gasteiger partial charge in [-0.05, 0) is 19.1 Å². The van der Waals surface area contributed by atoms with Gasteiger partial charge in [0.15, 0.2) is 0 Å². The minimum Gasteiger partial charge on any atom is -0.329 e. The van der Waals surface area contributed by atoms with Crippen molar-refractivity contribution >= 4 is 21.6 Å². The molecule has 16 heavy (non-hydrogen) atoms. The molecule has 0 radical (unpaired) electrons. The zero-order chi connectivity index (χ0) is 12.3. The van der Waals surface area contributed by atoms with Gasteiger partial charge in [-0.1, -0.05) is 17.7 Å². The minimum atomic E-state index is -3.97. The Bertz CT molecular complexity index is 458. The first-order valence-electron chi connectivity index (χ1n) is 4.55. The molecule has 1 aromatic rings.